The molecule has 1 aliphatic carbocycles. The van der Waals surface area contributed by atoms with Crippen molar-refractivity contribution in [1.82, 2.24) is 0 Å². The summed E-state index contributed by atoms with van der Waals surface area (Å²) in [6, 6.07) is -1.97. The molecule has 0 N–H and O–H groups in total. The van der Waals surface area contributed by atoms with E-state index in [4.69, 9.17) is 36.9 Å². The second-order valence-electron chi connectivity index (χ2n) is 4.67. The van der Waals surface area contributed by atoms with Gasteiger partial charge in [-0.15, -0.1) is 0 Å². The molecule has 0 saturated heterocycles. The lowest BCUT2D eigenvalue weighted by Crippen LogP contribution is -2.58. The Kier molecular flexibility index (Phi) is 7.43. The summed E-state index contributed by atoms with van der Waals surface area (Å²) in [5.74, 6) is -1.33. The maximum atomic E-state index is 11.4. The van der Waals surface area contributed by atoms with Gasteiger partial charge in [0.2, 0.25) is 0 Å². The number of rotatable bonds is 6. The summed E-state index contributed by atoms with van der Waals surface area (Å²) in [6.07, 6.45) is -3.10. The Balaban J connectivity index is 3.27. The van der Waals surface area contributed by atoms with Gasteiger partial charge in [0.1, 0.15) is 18.3 Å². The van der Waals surface area contributed by atoms with Crippen molar-refractivity contribution in [1.29, 1.82) is 0 Å². The van der Waals surface area contributed by atoms with E-state index < -0.39 is 42.3 Å². The fourth-order valence-corrected chi connectivity index (χ4v) is 2.59. The molecule has 0 aliphatic heterocycles. The van der Waals surface area contributed by atoms with Crippen LogP contribution in [0, 0.1) is 0 Å². The standard InChI is InChI=1S/C11H15ClN6O5/c1-5(19)22-10-8(16-18-14)3-7(15-17-13)9(21-4-12)11(10)23-6(2)20/h7-11H,3-4H2,1-2H3/t7?,8-,9+,10?,11+/m1/s1. The molecule has 0 radical (unpaired) electrons. The highest BCUT2D eigenvalue weighted by Crippen LogP contribution is 2.32. The molecular formula is C11H15ClN6O5. The van der Waals surface area contributed by atoms with Gasteiger partial charge in [0, 0.05) is 23.7 Å². The minimum absolute atomic E-state index is 0.0470. The summed E-state index contributed by atoms with van der Waals surface area (Å²) in [7, 11) is 0. The van der Waals surface area contributed by atoms with E-state index >= 15 is 0 Å². The van der Waals surface area contributed by atoms with E-state index in [9.17, 15) is 9.59 Å². The number of hydrogen-bond donors (Lipinski definition) is 0. The number of alkyl halides is 1. The first-order valence-corrected chi connectivity index (χ1v) is 7.08. The zero-order chi connectivity index (χ0) is 17.4. The molecule has 0 aromatic rings. The van der Waals surface area contributed by atoms with Gasteiger partial charge in [-0.05, 0) is 17.5 Å². The van der Waals surface area contributed by atoms with E-state index in [0.717, 1.165) is 13.8 Å². The monoisotopic (exact) mass is 346 g/mol. The lowest BCUT2D eigenvalue weighted by molar-refractivity contribution is -0.188. The van der Waals surface area contributed by atoms with E-state index in [1.165, 1.54) is 0 Å². The molecule has 12 heteroatoms. The third-order valence-corrected chi connectivity index (χ3v) is 3.27. The van der Waals surface area contributed by atoms with Crippen LogP contribution < -0.4 is 0 Å². The van der Waals surface area contributed by atoms with Crippen molar-refractivity contribution >= 4 is 23.5 Å². The van der Waals surface area contributed by atoms with Crippen LogP contribution in [0.4, 0.5) is 0 Å². The highest BCUT2D eigenvalue weighted by molar-refractivity contribution is 6.17. The molecular weight excluding hydrogens is 332 g/mol. The van der Waals surface area contributed by atoms with Gasteiger partial charge in [0.25, 0.3) is 0 Å². The van der Waals surface area contributed by atoms with Crippen molar-refractivity contribution in [2.45, 2.75) is 50.7 Å². The largest absolute Gasteiger partial charge is 0.458 e. The quantitative estimate of drug-likeness (QED) is 0.236. The summed E-state index contributed by atoms with van der Waals surface area (Å²) < 4.78 is 15.6. The second kappa shape index (κ2) is 9.06. The van der Waals surface area contributed by atoms with Crippen molar-refractivity contribution < 1.29 is 23.8 Å². The molecule has 0 bridgehead atoms. The third-order valence-electron chi connectivity index (χ3n) is 3.15. The van der Waals surface area contributed by atoms with Gasteiger partial charge in [0.15, 0.2) is 6.10 Å². The Hall–Kier alpha value is -2.19. The van der Waals surface area contributed by atoms with Crippen molar-refractivity contribution in [3.8, 4) is 0 Å². The van der Waals surface area contributed by atoms with Crippen LogP contribution in [0.1, 0.15) is 20.3 Å². The average Bonchev–Trinajstić information content (AvgIpc) is 2.46. The summed E-state index contributed by atoms with van der Waals surface area (Å²) in [6.45, 7) is 2.32. The van der Waals surface area contributed by atoms with Crippen LogP contribution in [-0.2, 0) is 23.8 Å². The Morgan fingerprint density at radius 3 is 1.96 bits per heavy atom. The fraction of sp³-hybridized carbons (Fsp3) is 0.818. The van der Waals surface area contributed by atoms with Crippen LogP contribution in [0.25, 0.3) is 20.9 Å². The van der Waals surface area contributed by atoms with Crippen molar-refractivity contribution in [2.24, 2.45) is 10.2 Å². The zero-order valence-corrected chi connectivity index (χ0v) is 13.2. The number of hydrogen-bond acceptors (Lipinski definition) is 7. The predicted octanol–water partition coefficient (Wildman–Crippen LogP) is 2.19. The summed E-state index contributed by atoms with van der Waals surface area (Å²) in [5.41, 5.74) is 17.4. The van der Waals surface area contributed by atoms with Gasteiger partial charge in [-0.1, -0.05) is 21.8 Å². The Morgan fingerprint density at radius 2 is 1.52 bits per heavy atom. The number of azide groups is 2. The molecule has 5 atom stereocenters. The maximum Gasteiger partial charge on any atom is 0.303 e. The molecule has 0 aromatic heterocycles. The molecule has 0 spiro atoms. The van der Waals surface area contributed by atoms with Crippen LogP contribution in [0.5, 0.6) is 0 Å². The first kappa shape index (κ1) is 18.9. The topological polar surface area (TPSA) is 159 Å². The van der Waals surface area contributed by atoms with Crippen LogP contribution in [0.2, 0.25) is 0 Å². The molecule has 1 rings (SSSR count). The Morgan fingerprint density at radius 1 is 1.04 bits per heavy atom. The molecule has 1 fully saturated rings. The molecule has 1 saturated carbocycles. The average molecular weight is 347 g/mol. The number of carbonyl (C=O) groups excluding carboxylic acids is 2. The van der Waals surface area contributed by atoms with Gasteiger partial charge in [-0.25, -0.2) is 0 Å². The second-order valence-corrected chi connectivity index (χ2v) is 4.89. The third kappa shape index (κ3) is 5.19. The summed E-state index contributed by atoms with van der Waals surface area (Å²) >= 11 is 5.57. The lowest BCUT2D eigenvalue weighted by atomic mass is 9.84. The van der Waals surface area contributed by atoms with E-state index in [0.29, 0.717) is 0 Å². The highest BCUT2D eigenvalue weighted by Gasteiger charge is 2.49. The molecule has 1 aliphatic rings. The molecule has 2 unspecified atom stereocenters. The normalized spacial score (nSPS) is 29.6. The SMILES string of the molecule is CC(=O)OC1[C@@H](OC(C)=O)[C@@H](OCCl)C(N=[N+]=[N-])C[C@H]1N=[N+]=[N-]. The zero-order valence-electron chi connectivity index (χ0n) is 12.4. The van der Waals surface area contributed by atoms with E-state index in [1.54, 1.807) is 0 Å². The minimum Gasteiger partial charge on any atom is -0.458 e. The first-order chi connectivity index (χ1) is 10.9. The number of carbonyl (C=O) groups is 2. The first-order valence-electron chi connectivity index (χ1n) is 6.55. The summed E-state index contributed by atoms with van der Waals surface area (Å²) in [5, 5.41) is 7.11. The highest BCUT2D eigenvalue weighted by atomic mass is 35.5. The van der Waals surface area contributed by atoms with E-state index in [2.05, 4.69) is 20.1 Å². The van der Waals surface area contributed by atoms with Gasteiger partial charge in [0.05, 0.1) is 12.1 Å². The van der Waals surface area contributed by atoms with Crippen molar-refractivity contribution in [2.75, 3.05) is 6.07 Å². The van der Waals surface area contributed by atoms with Gasteiger partial charge >= 0.3 is 11.9 Å². The van der Waals surface area contributed by atoms with Crippen LogP contribution in [-0.4, -0.2) is 48.4 Å². The van der Waals surface area contributed by atoms with Crippen LogP contribution >= 0.6 is 11.6 Å². The van der Waals surface area contributed by atoms with Gasteiger partial charge in [-0.3, -0.25) is 9.59 Å². The van der Waals surface area contributed by atoms with Crippen molar-refractivity contribution in [3.05, 3.63) is 20.9 Å². The molecule has 0 heterocycles. The molecule has 126 valence electrons. The van der Waals surface area contributed by atoms with Gasteiger partial charge < -0.3 is 14.2 Å². The Bertz CT molecular complexity index is 547. The number of halogens is 1. The number of nitrogens with zero attached hydrogens (tertiary/aromatic N) is 6. The maximum absolute atomic E-state index is 11.4. The van der Waals surface area contributed by atoms with Crippen molar-refractivity contribution in [3.63, 3.8) is 0 Å². The van der Waals surface area contributed by atoms with E-state index in [1.807, 2.05) is 0 Å². The van der Waals surface area contributed by atoms with E-state index in [-0.39, 0.29) is 12.5 Å². The minimum atomic E-state index is -1.13. The van der Waals surface area contributed by atoms with Gasteiger partial charge in [-0.2, -0.15) is 0 Å². The fourth-order valence-electron chi connectivity index (χ4n) is 2.44. The Labute approximate surface area is 136 Å². The molecule has 23 heavy (non-hydrogen) atoms. The number of esters is 2. The molecule has 0 aromatic carbocycles. The van der Waals surface area contributed by atoms with Crippen LogP contribution in [0.3, 0.4) is 0 Å². The molecule has 11 nitrogen and oxygen atoms in total. The lowest BCUT2D eigenvalue weighted by Gasteiger charge is -2.42. The number of ether oxygens (including phenoxy) is 3. The predicted molar refractivity (Wildman–Crippen MR) is 77.2 cm³/mol. The molecule has 0 amide bonds. The smallest absolute Gasteiger partial charge is 0.303 e. The van der Waals surface area contributed by atoms with Crippen LogP contribution in [0.15, 0.2) is 10.2 Å². The summed E-state index contributed by atoms with van der Waals surface area (Å²) in [4.78, 5) is 28.1.